The lowest BCUT2D eigenvalue weighted by Crippen LogP contribution is -2.41. The van der Waals surface area contributed by atoms with Crippen molar-refractivity contribution in [3.63, 3.8) is 0 Å². The molecule has 1 aromatic carbocycles. The van der Waals surface area contributed by atoms with E-state index in [2.05, 4.69) is 6.92 Å². The van der Waals surface area contributed by atoms with Gasteiger partial charge in [0.15, 0.2) is 0 Å². The van der Waals surface area contributed by atoms with Gasteiger partial charge in [0.2, 0.25) is 0 Å². The molecule has 0 aromatic heterocycles. The second kappa shape index (κ2) is 19.1. The molecule has 1 heterocycles. The van der Waals surface area contributed by atoms with Gasteiger partial charge in [-0.1, -0.05) is 103 Å². The lowest BCUT2D eigenvalue weighted by molar-refractivity contribution is -0.150. The fourth-order valence-corrected chi connectivity index (χ4v) is 5.29. The molecule has 0 atom stereocenters. The van der Waals surface area contributed by atoms with E-state index in [9.17, 15) is 27.2 Å². The molecule has 8 heteroatoms. The smallest absolute Gasteiger partial charge is 0.416 e. The van der Waals surface area contributed by atoms with Gasteiger partial charge in [-0.15, -0.1) is 0 Å². The van der Waals surface area contributed by atoms with Crippen molar-refractivity contribution >= 4 is 11.9 Å². The lowest BCUT2D eigenvalue weighted by Gasteiger charge is -2.31. The number of esters is 1. The van der Waals surface area contributed by atoms with Crippen LogP contribution in [0.1, 0.15) is 138 Å². The number of hydrogen-bond donors (Lipinski definition) is 0. The molecular formula is C32H49F4NO3. The quantitative estimate of drug-likeness (QED) is 0.0944. The Morgan fingerprint density at radius 3 is 1.75 bits per heavy atom. The first-order chi connectivity index (χ1) is 19.2. The maximum atomic E-state index is 14.1. The van der Waals surface area contributed by atoms with Crippen LogP contribution in [0.15, 0.2) is 18.2 Å². The molecule has 1 saturated heterocycles. The van der Waals surface area contributed by atoms with Crippen LogP contribution in [-0.2, 0) is 15.7 Å². The number of carbonyl (C=O) groups is 2. The number of unbranched alkanes of at least 4 members (excludes halogenated alkanes) is 15. The number of alkyl halides is 3. The molecule has 0 aliphatic carbocycles. The van der Waals surface area contributed by atoms with Crippen molar-refractivity contribution in [1.29, 1.82) is 0 Å². The van der Waals surface area contributed by atoms with Crippen molar-refractivity contribution in [2.75, 3.05) is 19.7 Å². The molecule has 1 aromatic rings. The summed E-state index contributed by atoms with van der Waals surface area (Å²) in [5.74, 6) is -2.42. The minimum Gasteiger partial charge on any atom is -0.465 e. The summed E-state index contributed by atoms with van der Waals surface area (Å²) in [7, 11) is 0. The third-order valence-corrected chi connectivity index (χ3v) is 7.88. The van der Waals surface area contributed by atoms with Crippen LogP contribution in [0.25, 0.3) is 0 Å². The van der Waals surface area contributed by atoms with E-state index in [1.54, 1.807) is 0 Å². The summed E-state index contributed by atoms with van der Waals surface area (Å²) in [5, 5.41) is 0. The predicted octanol–water partition coefficient (Wildman–Crippen LogP) is 9.50. The van der Waals surface area contributed by atoms with Crippen molar-refractivity contribution < 1.29 is 31.9 Å². The van der Waals surface area contributed by atoms with Gasteiger partial charge in [-0.05, 0) is 37.5 Å². The van der Waals surface area contributed by atoms with Crippen LogP contribution >= 0.6 is 0 Å². The highest BCUT2D eigenvalue weighted by atomic mass is 19.4. The maximum absolute atomic E-state index is 14.1. The third-order valence-electron chi connectivity index (χ3n) is 7.88. The molecule has 228 valence electrons. The average molecular weight is 572 g/mol. The van der Waals surface area contributed by atoms with Gasteiger partial charge in [0, 0.05) is 13.1 Å². The van der Waals surface area contributed by atoms with Crippen LogP contribution in [0, 0.1) is 11.7 Å². The van der Waals surface area contributed by atoms with Gasteiger partial charge >= 0.3 is 12.1 Å². The molecular weight excluding hydrogens is 522 g/mol. The Kier molecular flexibility index (Phi) is 16.3. The Labute approximate surface area is 238 Å². The minimum atomic E-state index is -4.66. The van der Waals surface area contributed by atoms with Gasteiger partial charge in [0.25, 0.3) is 5.91 Å². The molecule has 1 fully saturated rings. The molecule has 0 spiro atoms. The number of benzene rings is 1. The Hall–Kier alpha value is -2.12. The molecule has 0 N–H and O–H groups in total. The van der Waals surface area contributed by atoms with Crippen LogP contribution < -0.4 is 0 Å². The van der Waals surface area contributed by atoms with E-state index in [1.807, 2.05) is 0 Å². The molecule has 2 rings (SSSR count). The molecule has 1 amide bonds. The van der Waals surface area contributed by atoms with Gasteiger partial charge in [-0.3, -0.25) is 9.59 Å². The number of hydrogen-bond acceptors (Lipinski definition) is 3. The van der Waals surface area contributed by atoms with E-state index < -0.39 is 29.0 Å². The highest BCUT2D eigenvalue weighted by molar-refractivity contribution is 5.95. The van der Waals surface area contributed by atoms with E-state index in [1.165, 1.54) is 88.4 Å². The van der Waals surface area contributed by atoms with E-state index in [-0.39, 0.29) is 25.0 Å². The average Bonchev–Trinajstić information content (AvgIpc) is 2.94. The van der Waals surface area contributed by atoms with Crippen molar-refractivity contribution in [2.45, 2.75) is 129 Å². The largest absolute Gasteiger partial charge is 0.465 e. The number of rotatable bonds is 19. The molecule has 0 radical (unpaired) electrons. The van der Waals surface area contributed by atoms with Crippen LogP contribution in [-0.4, -0.2) is 36.5 Å². The number of piperidine rings is 1. The van der Waals surface area contributed by atoms with Crippen molar-refractivity contribution in [2.24, 2.45) is 5.92 Å². The second-order valence-electron chi connectivity index (χ2n) is 11.2. The van der Waals surface area contributed by atoms with Gasteiger partial charge < -0.3 is 9.64 Å². The Balaban J connectivity index is 1.48. The van der Waals surface area contributed by atoms with Crippen LogP contribution in [0.3, 0.4) is 0 Å². The molecule has 40 heavy (non-hydrogen) atoms. The summed E-state index contributed by atoms with van der Waals surface area (Å²) in [4.78, 5) is 26.3. The van der Waals surface area contributed by atoms with Crippen molar-refractivity contribution in [3.05, 3.63) is 35.1 Å². The molecule has 0 unspecified atom stereocenters. The van der Waals surface area contributed by atoms with Gasteiger partial charge in [0.1, 0.15) is 5.82 Å². The number of halogens is 4. The number of likely N-dealkylation sites (tertiary alicyclic amines) is 1. The lowest BCUT2D eigenvalue weighted by atomic mass is 9.96. The number of ether oxygens (including phenoxy) is 1. The Morgan fingerprint density at radius 2 is 1.27 bits per heavy atom. The fourth-order valence-electron chi connectivity index (χ4n) is 5.29. The summed E-state index contributed by atoms with van der Waals surface area (Å²) in [5.41, 5.74) is -1.66. The number of amides is 1. The summed E-state index contributed by atoms with van der Waals surface area (Å²) >= 11 is 0. The zero-order chi connectivity index (χ0) is 29.2. The SMILES string of the molecule is CCCCCCCCCCCCCCCCCCOC(=O)C1CCN(C(=O)c2cc(C(F)(F)F)ccc2F)CC1. The highest BCUT2D eigenvalue weighted by Gasteiger charge is 2.34. The fraction of sp³-hybridized carbons (Fsp3) is 0.750. The van der Waals surface area contributed by atoms with E-state index in [0.29, 0.717) is 37.6 Å². The zero-order valence-corrected chi connectivity index (χ0v) is 24.3. The predicted molar refractivity (Wildman–Crippen MR) is 151 cm³/mol. The number of carbonyl (C=O) groups excluding carboxylic acids is 2. The summed E-state index contributed by atoms with van der Waals surface area (Å²) < 4.78 is 58.4. The summed E-state index contributed by atoms with van der Waals surface area (Å²) in [6.45, 7) is 2.98. The first-order valence-corrected chi connectivity index (χ1v) is 15.6. The molecule has 1 aliphatic heterocycles. The van der Waals surface area contributed by atoms with Crippen LogP contribution in [0.5, 0.6) is 0 Å². The Bertz CT molecular complexity index is 866. The molecule has 1 aliphatic rings. The van der Waals surface area contributed by atoms with E-state index in [4.69, 9.17) is 4.74 Å². The van der Waals surface area contributed by atoms with Crippen molar-refractivity contribution in [3.8, 4) is 0 Å². The zero-order valence-electron chi connectivity index (χ0n) is 24.3. The standard InChI is InChI=1S/C32H49F4NO3/c1-2-3-4-5-6-7-8-9-10-11-12-13-14-15-16-17-24-40-31(39)26-20-22-37(23-21-26)30(38)28-25-27(32(34,35)36)18-19-29(28)33/h18-19,25-26H,2-17,20-24H2,1H3. The first-order valence-electron chi connectivity index (χ1n) is 15.6. The monoisotopic (exact) mass is 571 g/mol. The van der Waals surface area contributed by atoms with Gasteiger partial charge in [-0.25, -0.2) is 4.39 Å². The second-order valence-corrected chi connectivity index (χ2v) is 11.2. The van der Waals surface area contributed by atoms with Gasteiger partial charge in [-0.2, -0.15) is 13.2 Å². The summed E-state index contributed by atoms with van der Waals surface area (Å²) in [6, 6.07) is 1.84. The highest BCUT2D eigenvalue weighted by Crippen LogP contribution is 2.31. The Morgan fingerprint density at radius 1 is 0.800 bits per heavy atom. The first kappa shape index (κ1) is 34.1. The molecule has 0 bridgehead atoms. The summed E-state index contributed by atoms with van der Waals surface area (Å²) in [6.07, 6.45) is 16.5. The van der Waals surface area contributed by atoms with E-state index in [0.717, 1.165) is 19.3 Å². The van der Waals surface area contributed by atoms with E-state index >= 15 is 0 Å². The number of nitrogens with zero attached hydrogens (tertiary/aromatic N) is 1. The molecule has 4 nitrogen and oxygen atoms in total. The topological polar surface area (TPSA) is 46.6 Å². The molecule has 0 saturated carbocycles. The van der Waals surface area contributed by atoms with Crippen LogP contribution in [0.2, 0.25) is 0 Å². The van der Waals surface area contributed by atoms with Gasteiger partial charge in [0.05, 0.1) is 23.7 Å². The maximum Gasteiger partial charge on any atom is 0.416 e. The van der Waals surface area contributed by atoms with Crippen LogP contribution in [0.4, 0.5) is 17.6 Å². The van der Waals surface area contributed by atoms with Crippen molar-refractivity contribution in [1.82, 2.24) is 4.90 Å². The minimum absolute atomic E-state index is 0.174. The third kappa shape index (κ3) is 13.0. The normalized spacial score (nSPS) is 14.5.